The summed E-state index contributed by atoms with van der Waals surface area (Å²) in [6.45, 7) is 3.05. The van der Waals surface area contributed by atoms with Gasteiger partial charge in [0.2, 0.25) is 0 Å². The number of amidine groups is 1. The van der Waals surface area contributed by atoms with Crippen LogP contribution in [0, 0.1) is 10.1 Å². The van der Waals surface area contributed by atoms with Crippen LogP contribution < -0.4 is 4.74 Å². The van der Waals surface area contributed by atoms with Crippen molar-refractivity contribution < 1.29 is 14.5 Å². The fourth-order valence-electron chi connectivity index (χ4n) is 2.64. The first-order chi connectivity index (χ1) is 13.1. The summed E-state index contributed by atoms with van der Waals surface area (Å²) in [5, 5.41) is 11.6. The molecule has 140 valence electrons. The van der Waals surface area contributed by atoms with Gasteiger partial charge in [0.05, 0.1) is 17.2 Å². The summed E-state index contributed by atoms with van der Waals surface area (Å²) < 4.78 is 5.43. The van der Waals surface area contributed by atoms with E-state index in [0.717, 1.165) is 23.6 Å². The van der Waals surface area contributed by atoms with E-state index < -0.39 is 4.92 Å². The highest BCUT2D eigenvalue weighted by molar-refractivity contribution is 8.13. The second-order valence-electron chi connectivity index (χ2n) is 5.79. The van der Waals surface area contributed by atoms with Crippen molar-refractivity contribution in [3.63, 3.8) is 0 Å². The molecule has 27 heavy (non-hydrogen) atoms. The first-order valence-corrected chi connectivity index (χ1v) is 9.57. The SMILES string of the molecule is CCOc1ccc(N=C2SCCCN2C(=O)c2cccc([N+](=O)[O-])c2)cc1. The van der Waals surface area contributed by atoms with Crippen molar-refractivity contribution in [1.29, 1.82) is 0 Å². The van der Waals surface area contributed by atoms with Crippen molar-refractivity contribution in [2.45, 2.75) is 13.3 Å². The Morgan fingerprint density at radius 3 is 2.78 bits per heavy atom. The zero-order valence-electron chi connectivity index (χ0n) is 14.8. The average Bonchev–Trinajstić information content (AvgIpc) is 2.70. The predicted octanol–water partition coefficient (Wildman–Crippen LogP) is 4.26. The van der Waals surface area contributed by atoms with E-state index in [2.05, 4.69) is 4.99 Å². The largest absolute Gasteiger partial charge is 0.494 e. The van der Waals surface area contributed by atoms with E-state index >= 15 is 0 Å². The first kappa shape index (κ1) is 18.9. The number of nitro benzene ring substituents is 1. The fraction of sp³-hybridized carbons (Fsp3) is 0.263. The van der Waals surface area contributed by atoms with Crippen molar-refractivity contribution in [2.75, 3.05) is 18.9 Å². The number of thioether (sulfide) groups is 1. The lowest BCUT2D eigenvalue weighted by Crippen LogP contribution is -2.39. The number of amides is 1. The van der Waals surface area contributed by atoms with E-state index in [1.807, 2.05) is 31.2 Å². The van der Waals surface area contributed by atoms with Gasteiger partial charge < -0.3 is 4.74 Å². The van der Waals surface area contributed by atoms with Crippen LogP contribution in [0.15, 0.2) is 53.5 Å². The monoisotopic (exact) mass is 385 g/mol. The van der Waals surface area contributed by atoms with E-state index in [9.17, 15) is 14.9 Å². The summed E-state index contributed by atoms with van der Waals surface area (Å²) in [7, 11) is 0. The first-order valence-electron chi connectivity index (χ1n) is 8.59. The molecule has 2 aromatic carbocycles. The predicted molar refractivity (Wildman–Crippen MR) is 106 cm³/mol. The summed E-state index contributed by atoms with van der Waals surface area (Å²) in [4.78, 5) is 29.6. The Morgan fingerprint density at radius 1 is 1.30 bits per heavy atom. The van der Waals surface area contributed by atoms with Gasteiger partial charge in [-0.1, -0.05) is 17.8 Å². The highest BCUT2D eigenvalue weighted by Crippen LogP contribution is 2.26. The Hall–Kier alpha value is -2.87. The van der Waals surface area contributed by atoms with Crippen LogP contribution in [0.2, 0.25) is 0 Å². The lowest BCUT2D eigenvalue weighted by Gasteiger charge is -2.27. The van der Waals surface area contributed by atoms with E-state index in [1.54, 1.807) is 11.0 Å². The molecule has 0 radical (unpaired) electrons. The third-order valence-electron chi connectivity index (χ3n) is 3.91. The zero-order valence-corrected chi connectivity index (χ0v) is 15.6. The molecule has 0 aromatic heterocycles. The third kappa shape index (κ3) is 4.65. The van der Waals surface area contributed by atoms with Gasteiger partial charge in [0.1, 0.15) is 5.75 Å². The van der Waals surface area contributed by atoms with Crippen molar-refractivity contribution >= 4 is 34.2 Å². The number of nitrogens with zero attached hydrogens (tertiary/aromatic N) is 3. The van der Waals surface area contributed by atoms with Crippen LogP contribution >= 0.6 is 11.8 Å². The van der Waals surface area contributed by atoms with E-state index in [-0.39, 0.29) is 17.2 Å². The molecule has 8 heteroatoms. The van der Waals surface area contributed by atoms with Crippen molar-refractivity contribution in [3.05, 3.63) is 64.2 Å². The normalized spacial score (nSPS) is 15.6. The van der Waals surface area contributed by atoms with Crippen LogP contribution in [0.3, 0.4) is 0 Å². The standard InChI is InChI=1S/C19H19N3O4S/c1-2-26-17-9-7-15(8-10-17)20-19-21(11-4-12-27-19)18(23)14-5-3-6-16(13-14)22(24)25/h3,5-10,13H,2,4,11-12H2,1H3. The second-order valence-corrected chi connectivity index (χ2v) is 6.85. The summed E-state index contributed by atoms with van der Waals surface area (Å²) >= 11 is 1.50. The molecule has 2 aromatic rings. The molecule has 1 fully saturated rings. The van der Waals surface area contributed by atoms with Gasteiger partial charge >= 0.3 is 0 Å². The molecule has 0 atom stereocenters. The molecule has 1 aliphatic heterocycles. The molecule has 0 aliphatic carbocycles. The molecule has 3 rings (SSSR count). The lowest BCUT2D eigenvalue weighted by atomic mass is 10.1. The van der Waals surface area contributed by atoms with Gasteiger partial charge in [0, 0.05) is 30.0 Å². The van der Waals surface area contributed by atoms with Gasteiger partial charge in [-0.3, -0.25) is 19.8 Å². The molecule has 0 saturated carbocycles. The molecule has 1 amide bonds. The lowest BCUT2D eigenvalue weighted by molar-refractivity contribution is -0.384. The third-order valence-corrected chi connectivity index (χ3v) is 4.97. The Bertz CT molecular complexity index is 868. The minimum absolute atomic E-state index is 0.101. The van der Waals surface area contributed by atoms with Crippen molar-refractivity contribution in [2.24, 2.45) is 4.99 Å². The van der Waals surface area contributed by atoms with E-state index in [1.165, 1.54) is 30.0 Å². The quantitative estimate of drug-likeness (QED) is 0.567. The van der Waals surface area contributed by atoms with Crippen LogP contribution in [0.1, 0.15) is 23.7 Å². The summed E-state index contributed by atoms with van der Waals surface area (Å²) in [5.41, 5.74) is 0.904. The Balaban J connectivity index is 1.85. The molecule has 0 bridgehead atoms. The van der Waals surface area contributed by atoms with E-state index in [0.29, 0.717) is 18.3 Å². The van der Waals surface area contributed by atoms with Crippen LogP contribution in [-0.2, 0) is 0 Å². The second kappa shape index (κ2) is 8.68. The maximum absolute atomic E-state index is 12.9. The minimum atomic E-state index is -0.503. The average molecular weight is 385 g/mol. The van der Waals surface area contributed by atoms with Gasteiger partial charge in [-0.25, -0.2) is 4.99 Å². The summed E-state index contributed by atoms with van der Waals surface area (Å²) in [6.07, 6.45) is 0.841. The number of ether oxygens (including phenoxy) is 1. The minimum Gasteiger partial charge on any atom is -0.494 e. The number of non-ortho nitro benzene ring substituents is 1. The molecule has 1 aliphatic rings. The highest BCUT2D eigenvalue weighted by atomic mass is 32.2. The molecule has 1 saturated heterocycles. The van der Waals surface area contributed by atoms with Crippen LogP contribution in [-0.4, -0.2) is 39.8 Å². The number of hydrogen-bond acceptors (Lipinski definition) is 6. The molecule has 0 unspecified atom stereocenters. The van der Waals surface area contributed by atoms with Crippen LogP contribution in [0.25, 0.3) is 0 Å². The molecular formula is C19H19N3O4S. The topological polar surface area (TPSA) is 85.0 Å². The fourth-order valence-corrected chi connectivity index (χ4v) is 3.60. The number of nitro groups is 1. The van der Waals surface area contributed by atoms with Gasteiger partial charge in [-0.05, 0) is 43.7 Å². The molecule has 0 N–H and O–H groups in total. The van der Waals surface area contributed by atoms with Crippen molar-refractivity contribution in [3.8, 4) is 5.75 Å². The zero-order chi connectivity index (χ0) is 19.2. The Morgan fingerprint density at radius 2 is 2.07 bits per heavy atom. The van der Waals surface area contributed by atoms with E-state index in [4.69, 9.17) is 4.74 Å². The highest BCUT2D eigenvalue weighted by Gasteiger charge is 2.25. The van der Waals surface area contributed by atoms with Gasteiger partial charge in [-0.15, -0.1) is 0 Å². The maximum Gasteiger partial charge on any atom is 0.270 e. The number of carbonyl (C=O) groups is 1. The van der Waals surface area contributed by atoms with Gasteiger partial charge in [0.25, 0.3) is 11.6 Å². The molecule has 0 spiro atoms. The number of benzene rings is 2. The Kier molecular flexibility index (Phi) is 6.08. The van der Waals surface area contributed by atoms with Gasteiger partial charge in [-0.2, -0.15) is 0 Å². The molecule has 7 nitrogen and oxygen atoms in total. The van der Waals surface area contributed by atoms with Crippen LogP contribution in [0.4, 0.5) is 11.4 Å². The molecule has 1 heterocycles. The van der Waals surface area contributed by atoms with Gasteiger partial charge in [0.15, 0.2) is 5.17 Å². The number of rotatable bonds is 5. The number of carbonyl (C=O) groups excluding carboxylic acids is 1. The van der Waals surface area contributed by atoms with Crippen LogP contribution in [0.5, 0.6) is 5.75 Å². The summed E-state index contributed by atoms with van der Waals surface area (Å²) in [5.74, 6) is 1.35. The summed E-state index contributed by atoms with van der Waals surface area (Å²) in [6, 6.07) is 13.1. The smallest absolute Gasteiger partial charge is 0.270 e. The number of aliphatic imine (C=N–C) groups is 1. The maximum atomic E-state index is 12.9. The Labute approximate surface area is 161 Å². The molecular weight excluding hydrogens is 366 g/mol. The van der Waals surface area contributed by atoms with Crippen molar-refractivity contribution in [1.82, 2.24) is 4.90 Å². The number of hydrogen-bond donors (Lipinski definition) is 0.